The van der Waals surface area contributed by atoms with Crippen LogP contribution in [0.2, 0.25) is 0 Å². The van der Waals surface area contributed by atoms with E-state index < -0.39 is 10.2 Å². The Morgan fingerprint density at radius 1 is 1.43 bits per heavy atom. The first-order valence-electron chi connectivity index (χ1n) is 6.68. The van der Waals surface area contributed by atoms with Crippen LogP contribution in [-0.2, 0) is 10.2 Å². The maximum absolute atomic E-state index is 12.4. The molecule has 2 N–H and O–H groups in total. The highest BCUT2D eigenvalue weighted by Crippen LogP contribution is 2.29. The van der Waals surface area contributed by atoms with Crippen LogP contribution in [0.5, 0.6) is 5.75 Å². The Bertz CT molecular complexity index is 586. The number of rotatable bonds is 5. The average molecular weight is 379 g/mol. The van der Waals surface area contributed by atoms with Crippen LogP contribution in [0.1, 0.15) is 12.8 Å². The lowest BCUT2D eigenvalue weighted by atomic mass is 10.00. The Labute approximate surface area is 133 Å². The van der Waals surface area contributed by atoms with Crippen molar-refractivity contribution in [3.63, 3.8) is 0 Å². The SMILES string of the molecule is COc1ccc(Br)c(NS(=O)(=O)N2CCC(CO)CC2)c1. The molecule has 0 bridgehead atoms. The number of aliphatic hydroxyl groups excluding tert-OH is 1. The van der Waals surface area contributed by atoms with Gasteiger partial charge in [0.05, 0.1) is 12.8 Å². The predicted octanol–water partition coefficient (Wildman–Crippen LogP) is 1.82. The monoisotopic (exact) mass is 378 g/mol. The molecule has 0 amide bonds. The molecule has 0 spiro atoms. The number of benzene rings is 1. The second-order valence-electron chi connectivity index (χ2n) is 4.98. The fraction of sp³-hybridized carbons (Fsp3) is 0.538. The molecule has 21 heavy (non-hydrogen) atoms. The van der Waals surface area contributed by atoms with Crippen molar-refractivity contribution in [1.29, 1.82) is 0 Å². The van der Waals surface area contributed by atoms with Gasteiger partial charge in [-0.05, 0) is 46.8 Å². The summed E-state index contributed by atoms with van der Waals surface area (Å²) >= 11 is 3.32. The third-order valence-electron chi connectivity index (χ3n) is 3.58. The first-order valence-corrected chi connectivity index (χ1v) is 8.92. The second-order valence-corrected chi connectivity index (χ2v) is 7.50. The smallest absolute Gasteiger partial charge is 0.301 e. The van der Waals surface area contributed by atoms with Crippen LogP contribution in [0.4, 0.5) is 5.69 Å². The highest BCUT2D eigenvalue weighted by molar-refractivity contribution is 9.10. The van der Waals surface area contributed by atoms with Crippen LogP contribution in [0.25, 0.3) is 0 Å². The van der Waals surface area contributed by atoms with E-state index in [9.17, 15) is 8.42 Å². The quantitative estimate of drug-likeness (QED) is 0.818. The minimum absolute atomic E-state index is 0.114. The van der Waals surface area contributed by atoms with Crippen molar-refractivity contribution in [2.45, 2.75) is 12.8 Å². The van der Waals surface area contributed by atoms with Gasteiger partial charge in [0.2, 0.25) is 0 Å². The van der Waals surface area contributed by atoms with Crippen molar-refractivity contribution >= 4 is 31.8 Å². The van der Waals surface area contributed by atoms with Crippen LogP contribution in [0, 0.1) is 5.92 Å². The molecule has 0 atom stereocenters. The number of nitrogens with zero attached hydrogens (tertiary/aromatic N) is 1. The van der Waals surface area contributed by atoms with Gasteiger partial charge in [-0.25, -0.2) is 0 Å². The van der Waals surface area contributed by atoms with Gasteiger partial charge >= 0.3 is 10.2 Å². The Balaban J connectivity index is 2.11. The Morgan fingerprint density at radius 3 is 2.67 bits per heavy atom. The minimum atomic E-state index is -3.60. The molecule has 1 fully saturated rings. The molecule has 1 aromatic rings. The molecule has 0 saturated carbocycles. The molecule has 0 aliphatic carbocycles. The molecule has 0 radical (unpaired) electrons. The van der Waals surface area contributed by atoms with Crippen LogP contribution >= 0.6 is 15.9 Å². The highest BCUT2D eigenvalue weighted by Gasteiger charge is 2.28. The maximum atomic E-state index is 12.4. The van der Waals surface area contributed by atoms with Gasteiger partial charge in [-0.2, -0.15) is 12.7 Å². The van der Waals surface area contributed by atoms with Gasteiger partial charge in [0, 0.05) is 30.2 Å². The van der Waals surface area contributed by atoms with Crippen molar-refractivity contribution in [2.75, 3.05) is 31.5 Å². The third kappa shape index (κ3) is 4.09. The van der Waals surface area contributed by atoms with Gasteiger partial charge in [-0.3, -0.25) is 4.72 Å². The van der Waals surface area contributed by atoms with E-state index in [2.05, 4.69) is 20.7 Å². The van der Waals surface area contributed by atoms with E-state index in [1.54, 1.807) is 18.2 Å². The molecule has 1 aromatic carbocycles. The largest absolute Gasteiger partial charge is 0.497 e. The van der Waals surface area contributed by atoms with Gasteiger partial charge in [-0.1, -0.05) is 0 Å². The molecule has 118 valence electrons. The van der Waals surface area contributed by atoms with E-state index >= 15 is 0 Å². The molecule has 0 aromatic heterocycles. The number of piperidine rings is 1. The molecule has 0 unspecified atom stereocenters. The van der Waals surface area contributed by atoms with Crippen LogP contribution < -0.4 is 9.46 Å². The van der Waals surface area contributed by atoms with Crippen LogP contribution in [0.3, 0.4) is 0 Å². The van der Waals surface area contributed by atoms with E-state index in [0.717, 1.165) is 0 Å². The fourth-order valence-corrected chi connectivity index (χ4v) is 3.99. The lowest BCUT2D eigenvalue weighted by molar-refractivity contribution is 0.170. The fourth-order valence-electron chi connectivity index (χ4n) is 2.25. The second kappa shape index (κ2) is 6.95. The first-order chi connectivity index (χ1) is 9.96. The summed E-state index contributed by atoms with van der Waals surface area (Å²) in [4.78, 5) is 0. The van der Waals surface area contributed by atoms with E-state index in [0.29, 0.717) is 41.8 Å². The Hall–Kier alpha value is -0.830. The summed E-state index contributed by atoms with van der Waals surface area (Å²) in [6, 6.07) is 5.10. The third-order valence-corrected chi connectivity index (χ3v) is 5.80. The molecular formula is C13H19BrN2O4S. The van der Waals surface area contributed by atoms with Crippen LogP contribution in [-0.4, -0.2) is 44.6 Å². The summed E-state index contributed by atoms with van der Waals surface area (Å²) in [6.07, 6.45) is 1.35. The van der Waals surface area contributed by atoms with Gasteiger partial charge in [0.15, 0.2) is 0 Å². The Kier molecular flexibility index (Phi) is 5.48. The molecule has 6 nitrogen and oxygen atoms in total. The lowest BCUT2D eigenvalue weighted by Gasteiger charge is -2.30. The van der Waals surface area contributed by atoms with Crippen molar-refractivity contribution in [3.05, 3.63) is 22.7 Å². The number of anilines is 1. The van der Waals surface area contributed by atoms with Crippen LogP contribution in [0.15, 0.2) is 22.7 Å². The zero-order chi connectivity index (χ0) is 15.5. The number of halogens is 1. The molecule has 2 rings (SSSR count). The number of nitrogens with one attached hydrogen (secondary N) is 1. The number of methoxy groups -OCH3 is 1. The van der Waals surface area contributed by atoms with Crippen molar-refractivity contribution in [1.82, 2.24) is 4.31 Å². The number of aliphatic hydroxyl groups is 1. The number of ether oxygens (including phenoxy) is 1. The molecule has 1 aliphatic heterocycles. The first kappa shape index (κ1) is 16.5. The van der Waals surface area contributed by atoms with Gasteiger partial charge in [0.25, 0.3) is 0 Å². The van der Waals surface area contributed by atoms with Gasteiger partial charge in [0.1, 0.15) is 5.75 Å². The average Bonchev–Trinajstić information content (AvgIpc) is 2.49. The van der Waals surface area contributed by atoms with Crippen molar-refractivity contribution in [3.8, 4) is 5.75 Å². The zero-order valence-electron chi connectivity index (χ0n) is 11.8. The molecule has 1 heterocycles. The zero-order valence-corrected chi connectivity index (χ0v) is 14.2. The summed E-state index contributed by atoms with van der Waals surface area (Å²) in [7, 11) is -2.07. The summed E-state index contributed by atoms with van der Waals surface area (Å²) in [5.74, 6) is 0.773. The predicted molar refractivity (Wildman–Crippen MR) is 84.6 cm³/mol. The van der Waals surface area contributed by atoms with E-state index in [4.69, 9.17) is 9.84 Å². The minimum Gasteiger partial charge on any atom is -0.497 e. The Morgan fingerprint density at radius 2 is 2.10 bits per heavy atom. The van der Waals surface area contributed by atoms with Gasteiger partial charge < -0.3 is 9.84 Å². The summed E-state index contributed by atoms with van der Waals surface area (Å²) in [6.45, 7) is 0.951. The van der Waals surface area contributed by atoms with Crippen molar-refractivity contribution < 1.29 is 18.3 Å². The maximum Gasteiger partial charge on any atom is 0.301 e. The molecule has 1 saturated heterocycles. The summed E-state index contributed by atoms with van der Waals surface area (Å²) in [5.41, 5.74) is 0.443. The standard InChI is InChI=1S/C13H19BrN2O4S/c1-20-11-2-3-12(14)13(8-11)15-21(18,19)16-6-4-10(9-17)5-7-16/h2-3,8,10,15,17H,4-7,9H2,1H3. The lowest BCUT2D eigenvalue weighted by Crippen LogP contribution is -2.42. The number of hydrogen-bond acceptors (Lipinski definition) is 4. The van der Waals surface area contributed by atoms with E-state index in [-0.39, 0.29) is 12.5 Å². The normalized spacial score (nSPS) is 17.7. The van der Waals surface area contributed by atoms with Crippen molar-refractivity contribution in [2.24, 2.45) is 5.92 Å². The molecule has 1 aliphatic rings. The molecule has 8 heteroatoms. The molecular weight excluding hydrogens is 360 g/mol. The van der Waals surface area contributed by atoms with E-state index in [1.165, 1.54) is 11.4 Å². The summed E-state index contributed by atoms with van der Waals surface area (Å²) < 4.78 is 34.5. The van der Waals surface area contributed by atoms with E-state index in [1.807, 2.05) is 0 Å². The number of hydrogen-bond donors (Lipinski definition) is 2. The summed E-state index contributed by atoms with van der Waals surface area (Å²) in [5, 5.41) is 9.11. The topological polar surface area (TPSA) is 78.9 Å². The highest BCUT2D eigenvalue weighted by atomic mass is 79.9. The van der Waals surface area contributed by atoms with Gasteiger partial charge in [-0.15, -0.1) is 0 Å².